The molecule has 16 heavy (non-hydrogen) atoms. The van der Waals surface area contributed by atoms with Crippen molar-refractivity contribution in [3.05, 3.63) is 35.9 Å². The topological polar surface area (TPSA) is 46.5 Å². The van der Waals surface area contributed by atoms with E-state index in [0.717, 1.165) is 5.56 Å². The van der Waals surface area contributed by atoms with Crippen molar-refractivity contribution in [2.45, 2.75) is 33.3 Å². The second-order valence-corrected chi connectivity index (χ2v) is 5.69. The molecule has 0 aliphatic carbocycles. The Balaban J connectivity index is 2.84. The second kappa shape index (κ2) is 5.53. The molecule has 3 nitrogen and oxygen atoms in total. The maximum atomic E-state index is 10.8. The Morgan fingerprint density at radius 3 is 2.31 bits per heavy atom. The number of rotatable bonds is 4. The monoisotopic (exact) mass is 241 g/mol. The maximum absolute atomic E-state index is 10.8. The van der Waals surface area contributed by atoms with Crippen LogP contribution in [0.4, 0.5) is 0 Å². The van der Waals surface area contributed by atoms with Gasteiger partial charge in [-0.15, -0.1) is 9.42 Å². The molecule has 0 aliphatic rings. The van der Waals surface area contributed by atoms with Gasteiger partial charge in [-0.3, -0.25) is 0 Å². The van der Waals surface area contributed by atoms with E-state index in [1.807, 2.05) is 30.3 Å². The predicted molar refractivity (Wildman–Crippen MR) is 64.2 cm³/mol. The number of benzene rings is 1. The quantitative estimate of drug-likeness (QED) is 0.815. The van der Waals surface area contributed by atoms with Crippen LogP contribution in [0.25, 0.3) is 0 Å². The Morgan fingerprint density at radius 2 is 1.88 bits per heavy atom. The van der Waals surface area contributed by atoms with E-state index >= 15 is 0 Å². The standard InChI is InChI=1S/C12H17O3P/c1-12(2,3)9-11(15-16(13)14)10-7-5-4-6-8-10/h4-8,11H,9H2,1-3H3/p+1. The zero-order valence-electron chi connectivity index (χ0n) is 9.88. The van der Waals surface area contributed by atoms with Crippen LogP contribution in [0.5, 0.6) is 0 Å². The van der Waals surface area contributed by atoms with E-state index in [2.05, 4.69) is 20.8 Å². The second-order valence-electron chi connectivity index (χ2n) is 5.01. The summed E-state index contributed by atoms with van der Waals surface area (Å²) in [6.45, 7) is 6.24. The van der Waals surface area contributed by atoms with Gasteiger partial charge in [0.05, 0.1) is 0 Å². The highest BCUT2D eigenvalue weighted by atomic mass is 31.1. The van der Waals surface area contributed by atoms with Gasteiger partial charge in [-0.05, 0) is 17.4 Å². The van der Waals surface area contributed by atoms with Crippen LogP contribution >= 0.6 is 8.25 Å². The average Bonchev–Trinajstić information content (AvgIpc) is 2.15. The van der Waals surface area contributed by atoms with Crippen LogP contribution < -0.4 is 0 Å². The Kier molecular flexibility index (Phi) is 4.60. The Hall–Kier alpha value is -0.760. The van der Waals surface area contributed by atoms with Crippen molar-refractivity contribution in [1.29, 1.82) is 0 Å². The number of hydrogen-bond acceptors (Lipinski definition) is 2. The molecule has 2 atom stereocenters. The van der Waals surface area contributed by atoms with Gasteiger partial charge in [0.2, 0.25) is 0 Å². The molecular weight excluding hydrogens is 223 g/mol. The lowest BCUT2D eigenvalue weighted by molar-refractivity contribution is 0.139. The summed E-state index contributed by atoms with van der Waals surface area (Å²) in [5, 5.41) is 0. The van der Waals surface area contributed by atoms with E-state index in [9.17, 15) is 4.57 Å². The minimum absolute atomic E-state index is 0.0475. The van der Waals surface area contributed by atoms with Crippen LogP contribution in [0.2, 0.25) is 0 Å². The Morgan fingerprint density at radius 1 is 1.31 bits per heavy atom. The summed E-state index contributed by atoms with van der Waals surface area (Å²) < 4.78 is 15.9. The summed E-state index contributed by atoms with van der Waals surface area (Å²) in [5.74, 6) is 0. The lowest BCUT2D eigenvalue weighted by Gasteiger charge is -2.22. The van der Waals surface area contributed by atoms with E-state index < -0.39 is 8.25 Å². The van der Waals surface area contributed by atoms with Crippen LogP contribution in [0.15, 0.2) is 30.3 Å². The summed E-state index contributed by atoms with van der Waals surface area (Å²) in [5.41, 5.74) is 0.987. The highest BCUT2D eigenvalue weighted by Gasteiger charge is 2.28. The van der Waals surface area contributed by atoms with Crippen molar-refractivity contribution in [1.82, 2.24) is 0 Å². The van der Waals surface area contributed by atoms with Gasteiger partial charge in [-0.2, -0.15) is 0 Å². The predicted octanol–water partition coefficient (Wildman–Crippen LogP) is 3.83. The van der Waals surface area contributed by atoms with Gasteiger partial charge in [-0.1, -0.05) is 51.1 Å². The third kappa shape index (κ3) is 4.84. The number of hydrogen-bond donors (Lipinski definition) is 1. The van der Waals surface area contributed by atoms with Crippen LogP contribution in [-0.4, -0.2) is 4.89 Å². The van der Waals surface area contributed by atoms with Crippen molar-refractivity contribution in [3.8, 4) is 0 Å². The van der Waals surface area contributed by atoms with Gasteiger partial charge in [-0.25, -0.2) is 0 Å². The maximum Gasteiger partial charge on any atom is 0.695 e. The third-order valence-corrected chi connectivity index (χ3v) is 2.62. The minimum atomic E-state index is -2.57. The molecule has 0 radical (unpaired) electrons. The van der Waals surface area contributed by atoms with E-state index in [0.29, 0.717) is 6.42 Å². The first kappa shape index (κ1) is 13.3. The summed E-state index contributed by atoms with van der Waals surface area (Å²) in [6, 6.07) is 9.54. The molecule has 0 fully saturated rings. The minimum Gasteiger partial charge on any atom is -0.133 e. The molecule has 1 aromatic rings. The van der Waals surface area contributed by atoms with Crippen molar-refractivity contribution in [2.24, 2.45) is 5.41 Å². The van der Waals surface area contributed by atoms with Gasteiger partial charge in [0, 0.05) is 4.57 Å². The molecular formula is C12H18O3P+. The van der Waals surface area contributed by atoms with Gasteiger partial charge < -0.3 is 0 Å². The molecule has 0 saturated heterocycles. The fourth-order valence-electron chi connectivity index (χ4n) is 1.55. The average molecular weight is 241 g/mol. The first-order chi connectivity index (χ1) is 7.38. The van der Waals surface area contributed by atoms with E-state index in [4.69, 9.17) is 9.42 Å². The van der Waals surface area contributed by atoms with E-state index in [-0.39, 0.29) is 11.5 Å². The summed E-state index contributed by atoms with van der Waals surface area (Å²) in [7, 11) is -2.57. The molecule has 0 bridgehead atoms. The molecule has 2 unspecified atom stereocenters. The molecule has 1 rings (SSSR count). The summed E-state index contributed by atoms with van der Waals surface area (Å²) in [6.07, 6.45) is 0.383. The molecule has 0 heterocycles. The van der Waals surface area contributed by atoms with Crippen LogP contribution in [0, 0.1) is 5.41 Å². The molecule has 1 aromatic carbocycles. The largest absolute Gasteiger partial charge is 0.695 e. The zero-order valence-corrected chi connectivity index (χ0v) is 10.8. The van der Waals surface area contributed by atoms with Crippen molar-refractivity contribution < 1.29 is 14.0 Å². The van der Waals surface area contributed by atoms with Gasteiger partial charge >= 0.3 is 8.25 Å². The molecule has 0 aromatic heterocycles. The normalized spacial score (nSPS) is 14.6. The first-order valence-electron chi connectivity index (χ1n) is 5.26. The van der Waals surface area contributed by atoms with E-state index in [1.54, 1.807) is 0 Å². The Labute approximate surface area is 97.4 Å². The molecule has 4 heteroatoms. The van der Waals surface area contributed by atoms with Gasteiger partial charge in [0.15, 0.2) is 0 Å². The molecule has 88 valence electrons. The highest BCUT2D eigenvalue weighted by molar-refractivity contribution is 7.32. The van der Waals surface area contributed by atoms with Gasteiger partial charge in [0.1, 0.15) is 6.10 Å². The van der Waals surface area contributed by atoms with Crippen LogP contribution in [-0.2, 0) is 9.09 Å². The van der Waals surface area contributed by atoms with Gasteiger partial charge in [0.25, 0.3) is 0 Å². The molecule has 0 spiro atoms. The molecule has 0 aliphatic heterocycles. The summed E-state index contributed by atoms with van der Waals surface area (Å²) in [4.78, 5) is 8.87. The van der Waals surface area contributed by atoms with Crippen LogP contribution in [0.1, 0.15) is 38.9 Å². The van der Waals surface area contributed by atoms with Crippen molar-refractivity contribution in [2.75, 3.05) is 0 Å². The fourth-order valence-corrected chi connectivity index (χ4v) is 1.96. The van der Waals surface area contributed by atoms with E-state index in [1.165, 1.54) is 0 Å². The van der Waals surface area contributed by atoms with Crippen molar-refractivity contribution in [3.63, 3.8) is 0 Å². The van der Waals surface area contributed by atoms with Crippen LogP contribution in [0.3, 0.4) is 0 Å². The van der Waals surface area contributed by atoms with Crippen molar-refractivity contribution >= 4 is 8.25 Å². The molecule has 1 N–H and O–H groups in total. The fraction of sp³-hybridized carbons (Fsp3) is 0.500. The lowest BCUT2D eigenvalue weighted by Crippen LogP contribution is -2.12. The highest BCUT2D eigenvalue weighted by Crippen LogP contribution is 2.37. The lowest BCUT2D eigenvalue weighted by atomic mass is 9.87. The SMILES string of the molecule is CC(C)(C)CC(O[P+](=O)O)c1ccccc1. The third-order valence-electron chi connectivity index (χ3n) is 2.19. The molecule has 0 amide bonds. The Bertz CT molecular complexity index is 343. The first-order valence-corrected chi connectivity index (χ1v) is 6.39. The zero-order chi connectivity index (χ0) is 12.2. The smallest absolute Gasteiger partial charge is 0.133 e. The molecule has 0 saturated carbocycles. The summed E-state index contributed by atoms with van der Waals surface area (Å²) >= 11 is 0.